The van der Waals surface area contributed by atoms with E-state index in [9.17, 15) is 22.0 Å². The van der Waals surface area contributed by atoms with Crippen molar-refractivity contribution in [2.24, 2.45) is 0 Å². The van der Waals surface area contributed by atoms with Crippen LogP contribution >= 0.6 is 11.6 Å². The van der Waals surface area contributed by atoms with Gasteiger partial charge in [0.2, 0.25) is 0 Å². The van der Waals surface area contributed by atoms with Crippen molar-refractivity contribution in [3.8, 4) is 11.1 Å². The Morgan fingerprint density at radius 1 is 1.15 bits per heavy atom. The molecule has 1 amide bonds. The highest BCUT2D eigenvalue weighted by atomic mass is 35.5. The number of benzene rings is 2. The number of aromatic nitrogens is 1. The maximum absolute atomic E-state index is 14.1. The molecule has 1 aliphatic heterocycles. The van der Waals surface area contributed by atoms with Crippen LogP contribution in [0.15, 0.2) is 60.7 Å². The molecule has 1 fully saturated rings. The molecule has 4 rings (SSSR count). The zero-order valence-electron chi connectivity index (χ0n) is 17.9. The molecule has 1 unspecified atom stereocenters. The van der Waals surface area contributed by atoms with E-state index >= 15 is 0 Å². The molecule has 0 saturated carbocycles. The average molecular weight is 493 g/mol. The van der Waals surface area contributed by atoms with Crippen LogP contribution in [0.3, 0.4) is 0 Å². The van der Waals surface area contributed by atoms with Gasteiger partial charge in [-0.3, -0.25) is 4.79 Å². The average Bonchev–Trinajstić information content (AvgIpc) is 3.34. The number of hydrogen-bond acceptors (Lipinski definition) is 3. The van der Waals surface area contributed by atoms with Crippen molar-refractivity contribution in [3.63, 3.8) is 0 Å². The van der Waals surface area contributed by atoms with Crippen LogP contribution in [0.25, 0.3) is 11.1 Å². The number of alkyl halides is 2. The number of amides is 1. The fourth-order valence-corrected chi connectivity index (χ4v) is 6.08. The fraction of sp³-hybridized carbons (Fsp3) is 0.292. The summed E-state index contributed by atoms with van der Waals surface area (Å²) in [6.45, 7) is 0.0754. The number of rotatable bonds is 6. The van der Waals surface area contributed by atoms with Crippen LogP contribution in [0.2, 0.25) is 5.02 Å². The molecule has 0 aliphatic carbocycles. The van der Waals surface area contributed by atoms with E-state index in [0.717, 1.165) is 5.56 Å². The molecular formula is C24H23ClF2N2O3S. The van der Waals surface area contributed by atoms with Gasteiger partial charge in [-0.2, -0.15) is 0 Å². The minimum atomic E-state index is -3.23. The predicted octanol–water partition coefficient (Wildman–Crippen LogP) is 5.05. The smallest absolute Gasteiger partial charge is 0.278 e. The molecule has 1 atom stereocenters. The normalized spacial score (nSPS) is 17.4. The van der Waals surface area contributed by atoms with Crippen molar-refractivity contribution < 1.29 is 22.0 Å². The van der Waals surface area contributed by atoms with Gasteiger partial charge in [0, 0.05) is 30.2 Å². The van der Waals surface area contributed by atoms with Gasteiger partial charge in [-0.15, -0.1) is 0 Å². The summed E-state index contributed by atoms with van der Waals surface area (Å²) in [5, 5.41) is 0.484. The minimum Gasteiger partial charge on any atom is -0.336 e. The molecule has 1 aromatic heterocycles. The monoisotopic (exact) mass is 492 g/mol. The van der Waals surface area contributed by atoms with Crippen LogP contribution < -0.4 is 0 Å². The number of hydrogen-bond donors (Lipinski definition) is 0. The van der Waals surface area contributed by atoms with Crippen LogP contribution in [-0.2, 0) is 16.4 Å². The second kappa shape index (κ2) is 9.27. The maximum atomic E-state index is 14.1. The van der Waals surface area contributed by atoms with Crippen LogP contribution in [0, 0.1) is 0 Å². The Balaban J connectivity index is 1.85. The van der Waals surface area contributed by atoms with Gasteiger partial charge in [0.25, 0.3) is 12.3 Å². The molecule has 0 radical (unpaired) electrons. The van der Waals surface area contributed by atoms with Gasteiger partial charge in [0.15, 0.2) is 9.84 Å². The van der Waals surface area contributed by atoms with Crippen LogP contribution in [0.5, 0.6) is 0 Å². The largest absolute Gasteiger partial charge is 0.336 e. The van der Waals surface area contributed by atoms with Gasteiger partial charge < -0.3 is 9.47 Å². The van der Waals surface area contributed by atoms with Gasteiger partial charge >= 0.3 is 0 Å². The molecule has 3 aromatic rings. The van der Waals surface area contributed by atoms with Crippen molar-refractivity contribution in [1.29, 1.82) is 0 Å². The Morgan fingerprint density at radius 2 is 1.82 bits per heavy atom. The molecule has 2 aromatic carbocycles. The van der Waals surface area contributed by atoms with E-state index in [0.29, 0.717) is 22.6 Å². The van der Waals surface area contributed by atoms with Crippen molar-refractivity contribution in [3.05, 3.63) is 82.6 Å². The first kappa shape index (κ1) is 23.4. The van der Waals surface area contributed by atoms with Crippen molar-refractivity contribution in [2.75, 3.05) is 18.6 Å². The highest BCUT2D eigenvalue weighted by Crippen LogP contribution is 2.35. The van der Waals surface area contributed by atoms with Gasteiger partial charge in [0.1, 0.15) is 5.69 Å². The van der Waals surface area contributed by atoms with Crippen molar-refractivity contribution in [1.82, 2.24) is 9.47 Å². The summed E-state index contributed by atoms with van der Waals surface area (Å²) in [6.07, 6.45) is -2.49. The number of carbonyl (C=O) groups is 1. The maximum Gasteiger partial charge on any atom is 0.278 e. The van der Waals surface area contributed by atoms with Crippen LogP contribution in [0.4, 0.5) is 8.78 Å². The summed E-state index contributed by atoms with van der Waals surface area (Å²) in [6, 6.07) is 16.5. The summed E-state index contributed by atoms with van der Waals surface area (Å²) in [5.74, 6) is -0.621. The summed E-state index contributed by atoms with van der Waals surface area (Å²) in [7, 11) is -1.70. The van der Waals surface area contributed by atoms with E-state index in [-0.39, 0.29) is 29.4 Å². The molecule has 9 heteroatoms. The Morgan fingerprint density at radius 3 is 2.39 bits per heavy atom. The summed E-state index contributed by atoms with van der Waals surface area (Å²) >= 11 is 6.00. The Kier molecular flexibility index (Phi) is 6.59. The lowest BCUT2D eigenvalue weighted by Gasteiger charge is -2.25. The number of nitrogens with zero attached hydrogens (tertiary/aromatic N) is 2. The summed E-state index contributed by atoms with van der Waals surface area (Å²) in [5.41, 5.74) is 1.51. The van der Waals surface area contributed by atoms with Gasteiger partial charge in [-0.1, -0.05) is 54.1 Å². The van der Waals surface area contributed by atoms with Crippen LogP contribution in [0.1, 0.15) is 34.6 Å². The third kappa shape index (κ3) is 4.96. The standard InChI is InChI=1S/C24H23ClF2N2O3S/c1-28(19-11-12-33(31,32)15-19)24(30)22-20(17-7-9-18(25)10-8-17)13-21(23(26)27)29(22)14-16-5-3-2-4-6-16/h2-10,13,19,23H,11-12,14-15H2,1H3. The second-order valence-electron chi connectivity index (χ2n) is 8.18. The minimum absolute atomic E-state index is 0.00659. The molecule has 174 valence electrons. The zero-order chi connectivity index (χ0) is 23.8. The second-order valence-corrected chi connectivity index (χ2v) is 10.8. The first-order chi connectivity index (χ1) is 15.7. The van der Waals surface area contributed by atoms with Gasteiger partial charge in [-0.05, 0) is 35.7 Å². The molecule has 2 heterocycles. The summed E-state index contributed by atoms with van der Waals surface area (Å²) in [4.78, 5) is 15.1. The molecular weight excluding hydrogens is 470 g/mol. The fourth-order valence-electron chi connectivity index (χ4n) is 4.18. The Hall–Kier alpha value is -2.71. The quantitative estimate of drug-likeness (QED) is 0.483. The van der Waals surface area contributed by atoms with E-state index in [1.165, 1.54) is 22.6 Å². The Bertz CT molecular complexity index is 1260. The number of halogens is 3. The van der Waals surface area contributed by atoms with E-state index in [1.807, 2.05) is 6.07 Å². The van der Waals surface area contributed by atoms with E-state index < -0.39 is 28.2 Å². The zero-order valence-corrected chi connectivity index (χ0v) is 19.5. The topological polar surface area (TPSA) is 59.4 Å². The molecule has 0 spiro atoms. The van der Waals surface area contributed by atoms with E-state index in [1.54, 1.807) is 48.5 Å². The molecule has 1 aliphatic rings. The predicted molar refractivity (Wildman–Crippen MR) is 125 cm³/mol. The SMILES string of the molecule is CN(C(=O)c1c(-c2ccc(Cl)cc2)cc(C(F)F)n1Cc1ccccc1)C1CCS(=O)(=O)C1. The van der Waals surface area contributed by atoms with Gasteiger partial charge in [0.05, 0.1) is 17.2 Å². The molecule has 33 heavy (non-hydrogen) atoms. The van der Waals surface area contributed by atoms with Crippen molar-refractivity contribution in [2.45, 2.75) is 25.4 Å². The lowest BCUT2D eigenvalue weighted by Crippen LogP contribution is -2.39. The summed E-state index contributed by atoms with van der Waals surface area (Å²) < 4.78 is 53.5. The first-order valence-corrected chi connectivity index (χ1v) is 12.7. The number of carbonyl (C=O) groups excluding carboxylic acids is 1. The van der Waals surface area contributed by atoms with E-state index in [2.05, 4.69) is 0 Å². The molecule has 5 nitrogen and oxygen atoms in total. The molecule has 1 saturated heterocycles. The highest BCUT2D eigenvalue weighted by Gasteiger charge is 2.36. The third-order valence-electron chi connectivity index (χ3n) is 5.97. The lowest BCUT2D eigenvalue weighted by atomic mass is 10.0. The third-order valence-corrected chi connectivity index (χ3v) is 7.97. The number of sulfone groups is 1. The Labute approximate surface area is 196 Å². The van der Waals surface area contributed by atoms with Crippen LogP contribution in [-0.4, -0.2) is 48.4 Å². The molecule has 0 N–H and O–H groups in total. The lowest BCUT2D eigenvalue weighted by molar-refractivity contribution is 0.0735. The van der Waals surface area contributed by atoms with Crippen molar-refractivity contribution >= 4 is 27.3 Å². The van der Waals surface area contributed by atoms with E-state index in [4.69, 9.17) is 11.6 Å². The molecule has 0 bridgehead atoms. The first-order valence-electron chi connectivity index (χ1n) is 10.5. The highest BCUT2D eigenvalue weighted by molar-refractivity contribution is 7.91. The van der Waals surface area contributed by atoms with Gasteiger partial charge in [-0.25, -0.2) is 17.2 Å².